The van der Waals surface area contributed by atoms with Crippen molar-refractivity contribution in [2.24, 2.45) is 0 Å². The average Bonchev–Trinajstić information content (AvgIpc) is 3.13. The molecule has 1 heterocycles. The van der Waals surface area contributed by atoms with Gasteiger partial charge in [-0.15, -0.1) is 0 Å². The van der Waals surface area contributed by atoms with Crippen LogP contribution in [0.1, 0.15) is 5.56 Å². The van der Waals surface area contributed by atoms with Crippen LogP contribution in [0.25, 0.3) is 49.4 Å². The molecule has 0 atom stereocenters. The molecule has 0 bridgehead atoms. The lowest BCUT2D eigenvalue weighted by atomic mass is 9.97. The summed E-state index contributed by atoms with van der Waals surface area (Å²) in [5.41, 5.74) is 6.37. The second-order valence-corrected chi connectivity index (χ2v) is 8.46. The van der Waals surface area contributed by atoms with Crippen LogP contribution in [0.2, 0.25) is 0 Å². The van der Waals surface area contributed by atoms with Gasteiger partial charge in [-0.1, -0.05) is 58.4 Å². The second kappa shape index (κ2) is 6.45. The summed E-state index contributed by atoms with van der Waals surface area (Å²) in [6, 6.07) is 34.0. The highest BCUT2D eigenvalue weighted by Crippen LogP contribution is 2.41. The van der Waals surface area contributed by atoms with Crippen LogP contribution in [0.4, 0.5) is 0 Å². The minimum absolute atomic E-state index is 0.679. The van der Waals surface area contributed by atoms with E-state index in [9.17, 15) is 5.26 Å². The van der Waals surface area contributed by atoms with E-state index in [1.807, 2.05) is 18.2 Å². The Hall–Kier alpha value is -3.61. The molecule has 0 amide bonds. The van der Waals surface area contributed by atoms with Crippen LogP contribution >= 0.6 is 15.9 Å². The molecule has 0 saturated heterocycles. The molecule has 0 aliphatic rings. The third-order valence-corrected chi connectivity index (χ3v) is 6.32. The number of para-hydroxylation sites is 1. The topological polar surface area (TPSA) is 28.7 Å². The molecule has 5 aromatic carbocycles. The van der Waals surface area contributed by atoms with Gasteiger partial charge in [-0.2, -0.15) is 5.26 Å². The Kier molecular flexibility index (Phi) is 3.71. The van der Waals surface area contributed by atoms with E-state index >= 15 is 0 Å². The number of aromatic nitrogens is 1. The van der Waals surface area contributed by atoms with E-state index in [1.54, 1.807) is 0 Å². The van der Waals surface area contributed by atoms with E-state index in [-0.39, 0.29) is 0 Å². The summed E-state index contributed by atoms with van der Waals surface area (Å²) in [5.74, 6) is 0. The third kappa shape index (κ3) is 2.48. The highest BCUT2D eigenvalue weighted by molar-refractivity contribution is 9.10. The Morgan fingerprint density at radius 2 is 1.33 bits per heavy atom. The molecular formula is C27H15BrN2. The minimum atomic E-state index is 0.679. The van der Waals surface area contributed by atoms with E-state index in [1.165, 1.54) is 27.3 Å². The number of hydrogen-bond donors (Lipinski definition) is 0. The monoisotopic (exact) mass is 446 g/mol. The van der Waals surface area contributed by atoms with Gasteiger partial charge in [0.2, 0.25) is 0 Å². The fraction of sp³-hybridized carbons (Fsp3) is 0. The van der Waals surface area contributed by atoms with Gasteiger partial charge in [0.25, 0.3) is 0 Å². The molecule has 2 nitrogen and oxygen atoms in total. The Balaban J connectivity index is 1.80. The number of benzene rings is 5. The van der Waals surface area contributed by atoms with Crippen molar-refractivity contribution in [3.05, 3.63) is 101 Å². The molecule has 3 heteroatoms. The van der Waals surface area contributed by atoms with Gasteiger partial charge >= 0.3 is 0 Å². The maximum absolute atomic E-state index is 9.60. The van der Waals surface area contributed by atoms with E-state index in [0.717, 1.165) is 26.6 Å². The zero-order valence-electron chi connectivity index (χ0n) is 15.9. The van der Waals surface area contributed by atoms with Crippen molar-refractivity contribution in [1.29, 1.82) is 5.26 Å². The van der Waals surface area contributed by atoms with Crippen molar-refractivity contribution in [2.75, 3.05) is 0 Å². The first kappa shape index (κ1) is 17.3. The summed E-state index contributed by atoms with van der Waals surface area (Å²) in [6.07, 6.45) is 0. The lowest BCUT2D eigenvalue weighted by Crippen LogP contribution is -1.93. The Morgan fingerprint density at radius 3 is 2.03 bits per heavy atom. The minimum Gasteiger partial charge on any atom is -0.309 e. The lowest BCUT2D eigenvalue weighted by Gasteiger charge is -2.09. The van der Waals surface area contributed by atoms with Crippen LogP contribution in [-0.2, 0) is 0 Å². The normalized spacial score (nSPS) is 11.5. The van der Waals surface area contributed by atoms with Crippen molar-refractivity contribution in [3.63, 3.8) is 0 Å². The number of halogens is 1. The Labute approximate surface area is 182 Å². The van der Waals surface area contributed by atoms with Crippen molar-refractivity contribution >= 4 is 48.5 Å². The predicted molar refractivity (Wildman–Crippen MR) is 127 cm³/mol. The van der Waals surface area contributed by atoms with Crippen molar-refractivity contribution in [1.82, 2.24) is 4.57 Å². The van der Waals surface area contributed by atoms with Crippen LogP contribution < -0.4 is 0 Å². The summed E-state index contributed by atoms with van der Waals surface area (Å²) < 4.78 is 3.36. The van der Waals surface area contributed by atoms with Crippen LogP contribution in [0.15, 0.2) is 95.5 Å². The molecule has 1 aromatic heterocycles. The van der Waals surface area contributed by atoms with Gasteiger partial charge in [-0.25, -0.2) is 0 Å². The standard InChI is InChI=1S/C27H15BrN2/c28-22-10-8-18(9-11-22)21-14-20-7-6-19-12-17(16-29)13-24-26(19)27(20)25(15-21)30(24)23-4-2-1-3-5-23/h1-15H. The van der Waals surface area contributed by atoms with Gasteiger partial charge in [0, 0.05) is 20.9 Å². The molecule has 6 rings (SSSR count). The summed E-state index contributed by atoms with van der Waals surface area (Å²) in [7, 11) is 0. The maximum atomic E-state index is 9.60. The summed E-state index contributed by atoms with van der Waals surface area (Å²) in [4.78, 5) is 0. The first-order valence-electron chi connectivity index (χ1n) is 9.79. The maximum Gasteiger partial charge on any atom is 0.0992 e. The molecule has 0 N–H and O–H groups in total. The first-order chi connectivity index (χ1) is 14.7. The molecule has 30 heavy (non-hydrogen) atoms. The van der Waals surface area contributed by atoms with E-state index in [2.05, 4.69) is 99.4 Å². The largest absolute Gasteiger partial charge is 0.309 e. The van der Waals surface area contributed by atoms with Crippen LogP contribution in [0.5, 0.6) is 0 Å². The van der Waals surface area contributed by atoms with Gasteiger partial charge in [-0.05, 0) is 70.4 Å². The number of nitriles is 1. The molecule has 6 aromatic rings. The average molecular weight is 447 g/mol. The molecular weight excluding hydrogens is 432 g/mol. The molecule has 0 radical (unpaired) electrons. The van der Waals surface area contributed by atoms with E-state index < -0.39 is 0 Å². The van der Waals surface area contributed by atoms with Crippen molar-refractivity contribution < 1.29 is 0 Å². The molecule has 0 aliphatic heterocycles. The zero-order chi connectivity index (χ0) is 20.2. The molecule has 0 saturated carbocycles. The fourth-order valence-electron chi connectivity index (χ4n) is 4.50. The van der Waals surface area contributed by atoms with Gasteiger partial charge < -0.3 is 4.57 Å². The summed E-state index contributed by atoms with van der Waals surface area (Å²) >= 11 is 3.53. The lowest BCUT2D eigenvalue weighted by molar-refractivity contribution is 1.18. The van der Waals surface area contributed by atoms with Crippen LogP contribution in [-0.4, -0.2) is 4.57 Å². The highest BCUT2D eigenvalue weighted by atomic mass is 79.9. The first-order valence-corrected chi connectivity index (χ1v) is 10.6. The predicted octanol–water partition coefficient (Wildman–Crippen LogP) is 7.68. The van der Waals surface area contributed by atoms with E-state index in [4.69, 9.17) is 0 Å². The molecule has 0 fully saturated rings. The van der Waals surface area contributed by atoms with Crippen molar-refractivity contribution in [3.8, 4) is 22.9 Å². The zero-order valence-corrected chi connectivity index (χ0v) is 17.5. The molecule has 0 aliphatic carbocycles. The quantitative estimate of drug-likeness (QED) is 0.250. The molecule has 0 spiro atoms. The smallest absolute Gasteiger partial charge is 0.0992 e. The van der Waals surface area contributed by atoms with Crippen LogP contribution in [0, 0.1) is 11.3 Å². The summed E-state index contributed by atoms with van der Waals surface area (Å²) in [5, 5.41) is 14.4. The Morgan fingerprint density at radius 1 is 0.667 bits per heavy atom. The number of nitrogens with zero attached hydrogens (tertiary/aromatic N) is 2. The fourth-order valence-corrected chi connectivity index (χ4v) is 4.76. The van der Waals surface area contributed by atoms with E-state index in [0.29, 0.717) is 5.56 Å². The third-order valence-electron chi connectivity index (χ3n) is 5.79. The number of hydrogen-bond acceptors (Lipinski definition) is 1. The summed E-state index contributed by atoms with van der Waals surface area (Å²) in [6.45, 7) is 0. The second-order valence-electron chi connectivity index (χ2n) is 7.54. The number of rotatable bonds is 2. The SMILES string of the molecule is N#Cc1cc2ccc3cc(-c4ccc(Br)cc4)cc4c3c2c(c1)n4-c1ccccc1. The van der Waals surface area contributed by atoms with Gasteiger partial charge in [-0.3, -0.25) is 0 Å². The molecule has 140 valence electrons. The van der Waals surface area contributed by atoms with Gasteiger partial charge in [0.15, 0.2) is 0 Å². The molecule has 0 unspecified atom stereocenters. The van der Waals surface area contributed by atoms with Gasteiger partial charge in [0.1, 0.15) is 0 Å². The van der Waals surface area contributed by atoms with Gasteiger partial charge in [0.05, 0.1) is 22.7 Å². The van der Waals surface area contributed by atoms with Crippen LogP contribution in [0.3, 0.4) is 0 Å². The highest BCUT2D eigenvalue weighted by Gasteiger charge is 2.18. The Bertz CT molecular complexity index is 1590. The van der Waals surface area contributed by atoms with Crippen molar-refractivity contribution in [2.45, 2.75) is 0 Å².